The van der Waals surface area contributed by atoms with Crippen LogP contribution in [-0.4, -0.2) is 35.2 Å². The van der Waals surface area contributed by atoms with Crippen LogP contribution >= 0.6 is 11.8 Å². The van der Waals surface area contributed by atoms with E-state index in [0.717, 1.165) is 12.0 Å². The van der Waals surface area contributed by atoms with Crippen molar-refractivity contribution >= 4 is 17.8 Å². The maximum Gasteiger partial charge on any atom is 0.314 e. The molecule has 0 bridgehead atoms. The maximum atomic E-state index is 11.6. The van der Waals surface area contributed by atoms with Gasteiger partial charge in [-0.2, -0.15) is 11.8 Å². The maximum absolute atomic E-state index is 11.6. The number of nitrogens with one attached hydrogen (secondary N) is 2. The number of aromatic hydroxyl groups is 1. The second kappa shape index (κ2) is 7.28. The first-order valence-electron chi connectivity index (χ1n) is 6.28. The largest absolute Gasteiger partial charge is 0.508 e. The quantitative estimate of drug-likeness (QED) is 0.750. The molecular formula is C14H22N2O2S. The van der Waals surface area contributed by atoms with Gasteiger partial charge in [-0.05, 0) is 44.2 Å². The SMILES string of the molecule is CSC(C)(C)CNC(=O)NCCc1ccc(O)cc1. The summed E-state index contributed by atoms with van der Waals surface area (Å²) in [6, 6.07) is 6.87. The summed E-state index contributed by atoms with van der Waals surface area (Å²) in [6.45, 7) is 5.40. The lowest BCUT2D eigenvalue weighted by Crippen LogP contribution is -2.42. The summed E-state index contributed by atoms with van der Waals surface area (Å²) >= 11 is 1.72. The van der Waals surface area contributed by atoms with Crippen LogP contribution in [0.4, 0.5) is 4.79 Å². The molecule has 0 aromatic heterocycles. The van der Waals surface area contributed by atoms with Crippen molar-refractivity contribution in [3.05, 3.63) is 29.8 Å². The van der Waals surface area contributed by atoms with E-state index in [1.54, 1.807) is 23.9 Å². The molecule has 0 radical (unpaired) electrons. The van der Waals surface area contributed by atoms with Crippen molar-refractivity contribution in [2.24, 2.45) is 0 Å². The Labute approximate surface area is 119 Å². The van der Waals surface area contributed by atoms with Crippen molar-refractivity contribution in [2.75, 3.05) is 19.3 Å². The van der Waals surface area contributed by atoms with Gasteiger partial charge < -0.3 is 15.7 Å². The summed E-state index contributed by atoms with van der Waals surface area (Å²) in [5, 5.41) is 14.8. The molecule has 0 saturated carbocycles. The Balaban J connectivity index is 2.22. The van der Waals surface area contributed by atoms with E-state index >= 15 is 0 Å². The first-order valence-corrected chi connectivity index (χ1v) is 7.50. The van der Waals surface area contributed by atoms with E-state index < -0.39 is 0 Å². The Kier molecular flexibility index (Phi) is 6.02. The number of carbonyl (C=O) groups is 1. The van der Waals surface area contributed by atoms with Gasteiger partial charge in [0.05, 0.1) is 0 Å². The number of thioether (sulfide) groups is 1. The molecule has 5 heteroatoms. The highest BCUT2D eigenvalue weighted by Crippen LogP contribution is 2.19. The van der Waals surface area contributed by atoms with Crippen molar-refractivity contribution in [3.63, 3.8) is 0 Å². The van der Waals surface area contributed by atoms with Crippen molar-refractivity contribution in [1.82, 2.24) is 10.6 Å². The van der Waals surface area contributed by atoms with Crippen LogP contribution in [0.15, 0.2) is 24.3 Å². The minimum atomic E-state index is -0.138. The van der Waals surface area contributed by atoms with Gasteiger partial charge in [-0.25, -0.2) is 4.79 Å². The molecule has 0 heterocycles. The molecule has 0 fully saturated rings. The third-order valence-corrected chi connectivity index (χ3v) is 4.11. The van der Waals surface area contributed by atoms with Crippen molar-refractivity contribution in [1.29, 1.82) is 0 Å². The standard InChI is InChI=1S/C14H22N2O2S/c1-14(2,19-3)10-16-13(18)15-9-8-11-4-6-12(17)7-5-11/h4-7,17H,8-10H2,1-3H3,(H2,15,16,18). The number of phenolic OH excluding ortho intramolecular Hbond substituents is 1. The first-order chi connectivity index (χ1) is 8.93. The van der Waals surface area contributed by atoms with Crippen LogP contribution in [0.2, 0.25) is 0 Å². The van der Waals surface area contributed by atoms with Gasteiger partial charge in [0.25, 0.3) is 0 Å². The number of hydrogen-bond acceptors (Lipinski definition) is 3. The van der Waals surface area contributed by atoms with E-state index in [0.29, 0.717) is 13.1 Å². The van der Waals surface area contributed by atoms with Crippen molar-refractivity contribution < 1.29 is 9.90 Å². The third-order valence-electron chi connectivity index (χ3n) is 2.86. The number of phenols is 1. The molecule has 0 aliphatic rings. The fourth-order valence-electron chi connectivity index (χ4n) is 1.41. The molecule has 4 nitrogen and oxygen atoms in total. The Morgan fingerprint density at radius 1 is 1.26 bits per heavy atom. The highest BCUT2D eigenvalue weighted by molar-refractivity contribution is 7.99. The minimum absolute atomic E-state index is 0.0499. The van der Waals surface area contributed by atoms with Gasteiger partial charge in [0.15, 0.2) is 0 Å². The van der Waals surface area contributed by atoms with E-state index in [2.05, 4.69) is 24.5 Å². The van der Waals surface area contributed by atoms with Crippen molar-refractivity contribution in [2.45, 2.75) is 25.0 Å². The third kappa shape index (κ3) is 6.38. The Morgan fingerprint density at radius 3 is 2.47 bits per heavy atom. The topological polar surface area (TPSA) is 61.4 Å². The van der Waals surface area contributed by atoms with E-state index in [1.165, 1.54) is 0 Å². The normalized spacial score (nSPS) is 11.1. The fraction of sp³-hybridized carbons (Fsp3) is 0.500. The van der Waals surface area contributed by atoms with E-state index in [9.17, 15) is 4.79 Å². The zero-order chi connectivity index (χ0) is 14.3. The Bertz CT molecular complexity index is 404. The van der Waals surface area contributed by atoms with Crippen LogP contribution in [0.25, 0.3) is 0 Å². The van der Waals surface area contributed by atoms with Crippen LogP contribution in [0, 0.1) is 0 Å². The number of benzene rings is 1. The predicted octanol–water partition coefficient (Wildman–Crippen LogP) is 2.38. The molecule has 0 unspecified atom stereocenters. The Hall–Kier alpha value is -1.36. The average Bonchev–Trinajstić information content (AvgIpc) is 2.39. The zero-order valence-corrected chi connectivity index (χ0v) is 12.5. The molecule has 19 heavy (non-hydrogen) atoms. The van der Waals surface area contributed by atoms with Crippen molar-refractivity contribution in [3.8, 4) is 5.75 Å². The second-order valence-corrected chi connectivity index (χ2v) is 6.50. The van der Waals surface area contributed by atoms with Crippen LogP contribution in [0.3, 0.4) is 0 Å². The van der Waals surface area contributed by atoms with Gasteiger partial charge in [-0.3, -0.25) is 0 Å². The van der Waals surface area contributed by atoms with Gasteiger partial charge in [-0.15, -0.1) is 0 Å². The molecule has 1 aromatic carbocycles. The second-order valence-electron chi connectivity index (χ2n) is 4.99. The van der Waals surface area contributed by atoms with E-state index in [4.69, 9.17) is 5.11 Å². The minimum Gasteiger partial charge on any atom is -0.508 e. The molecule has 1 rings (SSSR count). The summed E-state index contributed by atoms with van der Waals surface area (Å²) in [5.41, 5.74) is 1.09. The summed E-state index contributed by atoms with van der Waals surface area (Å²) in [4.78, 5) is 11.6. The fourth-order valence-corrected chi connectivity index (χ4v) is 1.63. The molecule has 0 aliphatic carbocycles. The van der Waals surface area contributed by atoms with Gasteiger partial charge in [0, 0.05) is 17.8 Å². The van der Waals surface area contributed by atoms with E-state index in [-0.39, 0.29) is 16.5 Å². The molecule has 106 valence electrons. The smallest absolute Gasteiger partial charge is 0.314 e. The number of rotatable bonds is 6. The molecule has 3 N–H and O–H groups in total. The molecule has 0 spiro atoms. The summed E-state index contributed by atoms with van der Waals surface area (Å²) < 4.78 is 0.0499. The van der Waals surface area contributed by atoms with Crippen LogP contribution < -0.4 is 10.6 Å². The summed E-state index contributed by atoms with van der Waals surface area (Å²) in [7, 11) is 0. The van der Waals surface area contributed by atoms with Crippen LogP contribution in [0.5, 0.6) is 5.75 Å². The monoisotopic (exact) mass is 282 g/mol. The predicted molar refractivity (Wildman–Crippen MR) is 80.8 cm³/mol. The average molecular weight is 282 g/mol. The molecule has 0 saturated heterocycles. The number of hydrogen-bond donors (Lipinski definition) is 3. The molecular weight excluding hydrogens is 260 g/mol. The van der Waals surface area contributed by atoms with Gasteiger partial charge in [0.1, 0.15) is 5.75 Å². The zero-order valence-electron chi connectivity index (χ0n) is 11.7. The lowest BCUT2D eigenvalue weighted by molar-refractivity contribution is 0.240. The first kappa shape index (κ1) is 15.7. The summed E-state index contributed by atoms with van der Waals surface area (Å²) in [6.07, 6.45) is 2.78. The van der Waals surface area contributed by atoms with Crippen LogP contribution in [0.1, 0.15) is 19.4 Å². The lowest BCUT2D eigenvalue weighted by atomic mass is 10.1. The molecule has 0 aliphatic heterocycles. The highest BCUT2D eigenvalue weighted by atomic mass is 32.2. The van der Waals surface area contributed by atoms with E-state index in [1.807, 2.05) is 18.4 Å². The van der Waals surface area contributed by atoms with Gasteiger partial charge in [0.2, 0.25) is 0 Å². The number of amides is 2. The highest BCUT2D eigenvalue weighted by Gasteiger charge is 2.16. The number of urea groups is 1. The van der Waals surface area contributed by atoms with Gasteiger partial charge >= 0.3 is 6.03 Å². The Morgan fingerprint density at radius 2 is 1.89 bits per heavy atom. The lowest BCUT2D eigenvalue weighted by Gasteiger charge is -2.22. The van der Waals surface area contributed by atoms with Crippen LogP contribution in [-0.2, 0) is 6.42 Å². The molecule has 1 aromatic rings. The number of carbonyl (C=O) groups excluding carboxylic acids is 1. The summed E-state index contributed by atoms with van der Waals surface area (Å²) in [5.74, 6) is 0.258. The van der Waals surface area contributed by atoms with Gasteiger partial charge in [-0.1, -0.05) is 12.1 Å². The molecule has 0 atom stereocenters. The molecule has 2 amide bonds.